The van der Waals surface area contributed by atoms with Crippen LogP contribution in [0.2, 0.25) is 0 Å². The SMILES string of the molecule is O=C(NCCNC1CC1)c1c(F)c(F)c(F)c(F)c1F. The summed E-state index contributed by atoms with van der Waals surface area (Å²) in [5.74, 6) is -12.2. The zero-order valence-corrected chi connectivity index (χ0v) is 10.2. The third kappa shape index (κ3) is 2.90. The number of carbonyl (C=O) groups is 1. The van der Waals surface area contributed by atoms with Gasteiger partial charge >= 0.3 is 0 Å². The molecule has 0 unspecified atom stereocenters. The van der Waals surface area contributed by atoms with Crippen LogP contribution in [-0.2, 0) is 0 Å². The van der Waals surface area contributed by atoms with Gasteiger partial charge in [0.25, 0.3) is 5.91 Å². The number of rotatable bonds is 5. The van der Waals surface area contributed by atoms with Crippen molar-refractivity contribution < 1.29 is 26.7 Å². The molecule has 8 heteroatoms. The van der Waals surface area contributed by atoms with E-state index in [4.69, 9.17) is 0 Å². The molecule has 20 heavy (non-hydrogen) atoms. The van der Waals surface area contributed by atoms with E-state index in [0.717, 1.165) is 12.8 Å². The lowest BCUT2D eigenvalue weighted by atomic mass is 10.1. The maximum atomic E-state index is 13.3. The van der Waals surface area contributed by atoms with Crippen molar-refractivity contribution in [2.75, 3.05) is 13.1 Å². The van der Waals surface area contributed by atoms with Gasteiger partial charge in [0.15, 0.2) is 23.3 Å². The van der Waals surface area contributed by atoms with Crippen LogP contribution in [0.4, 0.5) is 22.0 Å². The second-order valence-corrected chi connectivity index (χ2v) is 4.43. The Balaban J connectivity index is 2.08. The van der Waals surface area contributed by atoms with Crippen molar-refractivity contribution in [3.63, 3.8) is 0 Å². The van der Waals surface area contributed by atoms with Gasteiger partial charge in [-0.15, -0.1) is 0 Å². The minimum absolute atomic E-state index is 0.0226. The maximum Gasteiger partial charge on any atom is 0.257 e. The minimum atomic E-state index is -2.29. The molecule has 0 radical (unpaired) electrons. The molecule has 0 heterocycles. The summed E-state index contributed by atoms with van der Waals surface area (Å²) in [6, 6.07) is 0.376. The van der Waals surface area contributed by atoms with Crippen molar-refractivity contribution in [3.05, 3.63) is 34.6 Å². The average Bonchev–Trinajstić information content (AvgIpc) is 3.23. The van der Waals surface area contributed by atoms with Gasteiger partial charge in [-0.25, -0.2) is 22.0 Å². The quantitative estimate of drug-likeness (QED) is 0.377. The Hall–Kier alpha value is -1.70. The van der Waals surface area contributed by atoms with Gasteiger partial charge in [-0.2, -0.15) is 0 Å². The average molecular weight is 294 g/mol. The van der Waals surface area contributed by atoms with Crippen LogP contribution < -0.4 is 10.6 Å². The summed E-state index contributed by atoms with van der Waals surface area (Å²) in [6.07, 6.45) is 2.04. The molecule has 1 aliphatic rings. The van der Waals surface area contributed by atoms with Crippen molar-refractivity contribution in [2.45, 2.75) is 18.9 Å². The lowest BCUT2D eigenvalue weighted by Crippen LogP contribution is -2.34. The highest BCUT2D eigenvalue weighted by atomic mass is 19.2. The Morgan fingerprint density at radius 3 is 1.90 bits per heavy atom. The van der Waals surface area contributed by atoms with Crippen LogP contribution in [-0.4, -0.2) is 25.0 Å². The number of halogens is 5. The monoisotopic (exact) mass is 294 g/mol. The number of hydrogen-bond acceptors (Lipinski definition) is 2. The molecule has 0 saturated heterocycles. The number of hydrogen-bond donors (Lipinski definition) is 2. The summed E-state index contributed by atoms with van der Waals surface area (Å²) >= 11 is 0. The zero-order valence-electron chi connectivity index (χ0n) is 10.2. The summed E-state index contributed by atoms with van der Waals surface area (Å²) in [5, 5.41) is 5.11. The molecular weight excluding hydrogens is 283 g/mol. The predicted octanol–water partition coefficient (Wildman–Crippen LogP) is 1.86. The van der Waals surface area contributed by atoms with Crippen molar-refractivity contribution >= 4 is 5.91 Å². The number of nitrogens with one attached hydrogen (secondary N) is 2. The van der Waals surface area contributed by atoms with Crippen LogP contribution in [0.5, 0.6) is 0 Å². The molecule has 110 valence electrons. The maximum absolute atomic E-state index is 13.3. The second kappa shape index (κ2) is 5.74. The predicted molar refractivity (Wildman–Crippen MR) is 59.6 cm³/mol. The summed E-state index contributed by atoms with van der Waals surface area (Å²) < 4.78 is 65.2. The van der Waals surface area contributed by atoms with Gasteiger partial charge in [-0.1, -0.05) is 0 Å². The normalized spacial score (nSPS) is 14.4. The molecule has 0 aliphatic heterocycles. The number of amides is 1. The molecule has 2 rings (SSSR count). The first-order valence-corrected chi connectivity index (χ1v) is 5.96. The van der Waals surface area contributed by atoms with E-state index in [1.165, 1.54) is 0 Å². The van der Waals surface area contributed by atoms with E-state index < -0.39 is 40.6 Å². The molecule has 1 aliphatic carbocycles. The van der Waals surface area contributed by atoms with Crippen molar-refractivity contribution in [1.29, 1.82) is 0 Å². The Morgan fingerprint density at radius 1 is 0.900 bits per heavy atom. The fraction of sp³-hybridized carbons (Fsp3) is 0.417. The highest BCUT2D eigenvalue weighted by molar-refractivity contribution is 5.94. The van der Waals surface area contributed by atoms with Crippen LogP contribution >= 0.6 is 0 Å². The van der Waals surface area contributed by atoms with Crippen molar-refractivity contribution in [1.82, 2.24) is 10.6 Å². The Kier molecular flexibility index (Phi) is 4.22. The van der Waals surface area contributed by atoms with Gasteiger partial charge in [0, 0.05) is 19.1 Å². The first kappa shape index (κ1) is 14.7. The second-order valence-electron chi connectivity index (χ2n) is 4.43. The molecule has 0 atom stereocenters. The zero-order chi connectivity index (χ0) is 14.9. The Labute approximate surface area is 111 Å². The molecule has 3 nitrogen and oxygen atoms in total. The van der Waals surface area contributed by atoms with Crippen LogP contribution in [0.25, 0.3) is 0 Å². The van der Waals surface area contributed by atoms with Gasteiger partial charge in [0.1, 0.15) is 5.56 Å². The molecule has 2 N–H and O–H groups in total. The number of benzene rings is 1. The third-order valence-corrected chi connectivity index (χ3v) is 2.86. The fourth-order valence-electron chi connectivity index (χ4n) is 1.63. The van der Waals surface area contributed by atoms with Gasteiger partial charge in [0.2, 0.25) is 5.82 Å². The van der Waals surface area contributed by atoms with E-state index in [2.05, 4.69) is 10.6 Å². The Bertz CT molecular complexity index is 516. The lowest BCUT2D eigenvalue weighted by Gasteiger charge is -2.09. The largest absolute Gasteiger partial charge is 0.351 e. The molecular formula is C12H11F5N2O. The summed E-state index contributed by atoms with van der Waals surface area (Å²) in [5.41, 5.74) is -1.46. The minimum Gasteiger partial charge on any atom is -0.351 e. The highest BCUT2D eigenvalue weighted by Gasteiger charge is 2.29. The van der Waals surface area contributed by atoms with E-state index in [-0.39, 0.29) is 6.54 Å². The topological polar surface area (TPSA) is 41.1 Å². The molecule has 1 amide bonds. The fourth-order valence-corrected chi connectivity index (χ4v) is 1.63. The van der Waals surface area contributed by atoms with E-state index in [1.807, 2.05) is 0 Å². The number of carbonyl (C=O) groups excluding carboxylic acids is 1. The van der Waals surface area contributed by atoms with Crippen LogP contribution in [0, 0.1) is 29.1 Å². The summed E-state index contributed by atoms with van der Waals surface area (Å²) in [6.45, 7) is 0.376. The van der Waals surface area contributed by atoms with E-state index in [1.54, 1.807) is 0 Å². The molecule has 0 bridgehead atoms. The molecule has 0 spiro atoms. The summed E-state index contributed by atoms with van der Waals surface area (Å²) in [4.78, 5) is 11.5. The first-order chi connectivity index (χ1) is 9.43. The van der Waals surface area contributed by atoms with Gasteiger partial charge < -0.3 is 10.6 Å². The van der Waals surface area contributed by atoms with Gasteiger partial charge in [0.05, 0.1) is 0 Å². The first-order valence-electron chi connectivity index (χ1n) is 5.96. The van der Waals surface area contributed by atoms with E-state index in [0.29, 0.717) is 12.6 Å². The van der Waals surface area contributed by atoms with Gasteiger partial charge in [-0.05, 0) is 12.8 Å². The lowest BCUT2D eigenvalue weighted by molar-refractivity contribution is 0.0942. The highest BCUT2D eigenvalue weighted by Crippen LogP contribution is 2.22. The van der Waals surface area contributed by atoms with Crippen LogP contribution in [0.3, 0.4) is 0 Å². The van der Waals surface area contributed by atoms with Crippen molar-refractivity contribution in [2.24, 2.45) is 0 Å². The van der Waals surface area contributed by atoms with Crippen molar-refractivity contribution in [3.8, 4) is 0 Å². The Morgan fingerprint density at radius 2 is 1.40 bits per heavy atom. The van der Waals surface area contributed by atoms with Crippen LogP contribution in [0.15, 0.2) is 0 Å². The third-order valence-electron chi connectivity index (χ3n) is 2.86. The molecule has 1 fully saturated rings. The molecule has 1 aromatic rings. The molecule has 1 aromatic carbocycles. The van der Waals surface area contributed by atoms with Gasteiger partial charge in [-0.3, -0.25) is 4.79 Å². The molecule has 1 saturated carbocycles. The van der Waals surface area contributed by atoms with E-state index >= 15 is 0 Å². The standard InChI is InChI=1S/C12H11F5N2O/c13-7-6(8(14)10(16)11(17)9(7)15)12(20)19-4-3-18-5-1-2-5/h5,18H,1-4H2,(H,19,20). The summed E-state index contributed by atoms with van der Waals surface area (Å²) in [7, 11) is 0. The van der Waals surface area contributed by atoms with Crippen LogP contribution in [0.1, 0.15) is 23.2 Å². The van der Waals surface area contributed by atoms with E-state index in [9.17, 15) is 26.7 Å². The molecule has 0 aromatic heterocycles. The smallest absolute Gasteiger partial charge is 0.257 e.